The van der Waals surface area contributed by atoms with Crippen molar-refractivity contribution in [2.24, 2.45) is 10.8 Å². The van der Waals surface area contributed by atoms with Gasteiger partial charge in [-0.05, 0) is 31.9 Å². The fourth-order valence-corrected chi connectivity index (χ4v) is 2.98. The first kappa shape index (κ1) is 30.3. The molecule has 0 aromatic heterocycles. The number of nitrogens with one attached hydrogen (secondary N) is 1. The normalized spacial score (nSPS) is 17.6. The average Bonchev–Trinajstić information content (AvgIpc) is 2.99. The third-order valence-electron chi connectivity index (χ3n) is 3.91. The number of hydrazone groups is 1. The van der Waals surface area contributed by atoms with E-state index in [1.165, 1.54) is 0 Å². The number of carbonyl (C=O) groups excluding carboxylic acids is 1. The van der Waals surface area contributed by atoms with Gasteiger partial charge in [-0.2, -0.15) is 5.10 Å². The minimum atomic E-state index is -0.0210. The Kier molecular flexibility index (Phi) is 19.3. The number of hydrogen-bond acceptors (Lipinski definition) is 5. The first-order valence-corrected chi connectivity index (χ1v) is 11.2. The zero-order valence-electron chi connectivity index (χ0n) is 19.8. The van der Waals surface area contributed by atoms with Crippen LogP contribution in [0.4, 0.5) is 0 Å². The number of aliphatic hydroxyl groups excluding tert-OH is 1. The zero-order chi connectivity index (χ0) is 23.5. The molecule has 2 aliphatic rings. The van der Waals surface area contributed by atoms with Gasteiger partial charge in [-0.15, -0.1) is 0 Å². The van der Waals surface area contributed by atoms with Crippen LogP contribution in [0.5, 0.6) is 0 Å². The number of halogens is 1. The highest BCUT2D eigenvalue weighted by Crippen LogP contribution is 2.33. The highest BCUT2D eigenvalue weighted by Gasteiger charge is 2.35. The molecule has 0 radical (unpaired) electrons. The van der Waals surface area contributed by atoms with Crippen LogP contribution in [0.25, 0.3) is 0 Å². The molecule has 1 fully saturated rings. The number of unbranched alkanes of at least 4 members (excludes halogenated alkanes) is 1. The quantitative estimate of drug-likeness (QED) is 0.419. The summed E-state index contributed by atoms with van der Waals surface area (Å²) in [5.41, 5.74) is 11.5. The largest absolute Gasteiger partial charge is 0.400 e. The SMILES string of the molecule is CC.CC.CCCC=C1C(=O)N(CCCN)C2=CCC=C(Cl)C=C2/C1=N/NC.CO. The van der Waals surface area contributed by atoms with E-state index in [1.807, 2.05) is 52.0 Å². The third-order valence-corrected chi connectivity index (χ3v) is 4.17. The fraction of sp³-hybridized carbons (Fsp3) is 0.565. The van der Waals surface area contributed by atoms with Gasteiger partial charge in [0.15, 0.2) is 0 Å². The molecule has 0 spiro atoms. The van der Waals surface area contributed by atoms with Crippen molar-refractivity contribution >= 4 is 23.2 Å². The maximum atomic E-state index is 13.1. The number of hydrogen-bond donors (Lipinski definition) is 3. The Bertz CT molecular complexity index is 650. The Balaban J connectivity index is 0. The van der Waals surface area contributed by atoms with E-state index in [9.17, 15) is 4.79 Å². The Labute approximate surface area is 188 Å². The van der Waals surface area contributed by atoms with Crippen LogP contribution in [0.15, 0.2) is 51.3 Å². The second kappa shape index (κ2) is 19.1. The zero-order valence-corrected chi connectivity index (χ0v) is 20.5. The summed E-state index contributed by atoms with van der Waals surface area (Å²) in [6.45, 7) is 11.2. The summed E-state index contributed by atoms with van der Waals surface area (Å²) in [6.07, 6.45) is 11.0. The van der Waals surface area contributed by atoms with Crippen molar-refractivity contribution in [1.82, 2.24) is 10.3 Å². The lowest BCUT2D eigenvalue weighted by atomic mass is 9.91. The minimum absolute atomic E-state index is 0.0210. The highest BCUT2D eigenvalue weighted by atomic mass is 35.5. The van der Waals surface area contributed by atoms with Gasteiger partial charge in [0, 0.05) is 37.0 Å². The molecule has 30 heavy (non-hydrogen) atoms. The number of piperidine rings is 1. The van der Waals surface area contributed by atoms with E-state index in [4.69, 9.17) is 22.4 Å². The van der Waals surface area contributed by atoms with Crippen molar-refractivity contribution in [2.45, 2.75) is 60.3 Å². The van der Waals surface area contributed by atoms with E-state index in [1.54, 1.807) is 11.9 Å². The van der Waals surface area contributed by atoms with Crippen molar-refractivity contribution in [2.75, 3.05) is 27.2 Å². The molecule has 7 heteroatoms. The topological polar surface area (TPSA) is 91.0 Å². The van der Waals surface area contributed by atoms with Gasteiger partial charge in [-0.3, -0.25) is 4.79 Å². The fourth-order valence-electron chi connectivity index (χ4n) is 2.79. The van der Waals surface area contributed by atoms with Gasteiger partial charge in [0.2, 0.25) is 0 Å². The molecule has 0 atom stereocenters. The van der Waals surface area contributed by atoms with Crippen molar-refractivity contribution < 1.29 is 9.90 Å². The molecule has 1 aliphatic carbocycles. The molecule has 6 nitrogen and oxygen atoms in total. The second-order valence-corrected chi connectivity index (χ2v) is 6.10. The third kappa shape index (κ3) is 8.86. The molecule has 0 unspecified atom stereocenters. The summed E-state index contributed by atoms with van der Waals surface area (Å²) in [5.74, 6) is -0.0210. The molecule has 172 valence electrons. The lowest BCUT2D eigenvalue weighted by Crippen LogP contribution is -2.42. The van der Waals surface area contributed by atoms with E-state index in [-0.39, 0.29) is 5.91 Å². The number of rotatable bonds is 6. The van der Waals surface area contributed by atoms with Gasteiger partial charge in [-0.1, -0.05) is 70.9 Å². The predicted octanol–water partition coefficient (Wildman–Crippen LogP) is 4.48. The molecule has 0 aromatic rings. The van der Waals surface area contributed by atoms with E-state index in [2.05, 4.69) is 17.5 Å². The number of nitrogens with two attached hydrogens (primary N) is 1. The summed E-state index contributed by atoms with van der Waals surface area (Å²) >= 11 is 6.28. The smallest absolute Gasteiger partial charge is 0.260 e. The van der Waals surface area contributed by atoms with Gasteiger partial charge < -0.3 is 21.2 Å². The van der Waals surface area contributed by atoms with Crippen molar-refractivity contribution in [3.05, 3.63) is 46.2 Å². The number of likely N-dealkylation sites (tertiary alicyclic amines) is 1. The van der Waals surface area contributed by atoms with Gasteiger partial charge in [0.25, 0.3) is 5.91 Å². The Hall–Kier alpha value is -1.89. The molecular weight excluding hydrogens is 400 g/mol. The first-order valence-electron chi connectivity index (χ1n) is 10.8. The average molecular weight is 441 g/mol. The molecule has 1 aliphatic heterocycles. The van der Waals surface area contributed by atoms with E-state index < -0.39 is 0 Å². The van der Waals surface area contributed by atoms with Crippen molar-refractivity contribution in [1.29, 1.82) is 0 Å². The predicted molar refractivity (Wildman–Crippen MR) is 130 cm³/mol. The summed E-state index contributed by atoms with van der Waals surface area (Å²) in [7, 11) is 2.73. The van der Waals surface area contributed by atoms with Crippen LogP contribution < -0.4 is 11.2 Å². The van der Waals surface area contributed by atoms with Crippen LogP contribution >= 0.6 is 11.6 Å². The molecule has 1 saturated heterocycles. The molecule has 4 N–H and O–H groups in total. The molecule has 0 bridgehead atoms. The molecule has 2 rings (SSSR count). The maximum absolute atomic E-state index is 13.1. The number of carbonyl (C=O) groups is 1. The number of allylic oxidation sites excluding steroid dienone is 6. The Morgan fingerprint density at radius 2 is 1.90 bits per heavy atom. The molecule has 0 saturated carbocycles. The first-order chi connectivity index (χ1) is 14.6. The molecule has 1 heterocycles. The van der Waals surface area contributed by atoms with Gasteiger partial charge in [0.1, 0.15) is 5.71 Å². The maximum Gasteiger partial charge on any atom is 0.260 e. The van der Waals surface area contributed by atoms with Gasteiger partial charge in [-0.25, -0.2) is 0 Å². The lowest BCUT2D eigenvalue weighted by Gasteiger charge is -2.34. The summed E-state index contributed by atoms with van der Waals surface area (Å²) in [4.78, 5) is 14.9. The van der Waals surface area contributed by atoms with Crippen molar-refractivity contribution in [3.63, 3.8) is 0 Å². The highest BCUT2D eigenvalue weighted by molar-refractivity contribution is 6.35. The van der Waals surface area contributed by atoms with Crippen molar-refractivity contribution in [3.8, 4) is 0 Å². The minimum Gasteiger partial charge on any atom is -0.400 e. The number of aliphatic hydroxyl groups is 1. The van der Waals surface area contributed by atoms with Crippen LogP contribution in [0.2, 0.25) is 0 Å². The standard InChI is InChI=1S/C18H25ClN4O.2C2H6.CH4O/c1-3-4-8-14-17(22-21-2)15-12-13(19)7-5-9-16(15)23(18(14)24)11-6-10-20;3*1-2/h7-9,12,21H,3-6,10-11,20H2,1-2H3;2*1-2H3;2H,1H3/b14-8?,22-17+;;;. The lowest BCUT2D eigenvalue weighted by molar-refractivity contribution is -0.125. The molecule has 1 amide bonds. The van der Waals surface area contributed by atoms with Gasteiger partial charge >= 0.3 is 0 Å². The number of amides is 1. The summed E-state index contributed by atoms with van der Waals surface area (Å²) in [6, 6.07) is 0. The summed E-state index contributed by atoms with van der Waals surface area (Å²) < 4.78 is 0. The monoisotopic (exact) mass is 440 g/mol. The van der Waals surface area contributed by atoms with Crippen LogP contribution in [0.1, 0.15) is 60.3 Å². The van der Waals surface area contributed by atoms with E-state index >= 15 is 0 Å². The Morgan fingerprint density at radius 3 is 2.43 bits per heavy atom. The molecular formula is C23H41ClN4O2. The van der Waals surface area contributed by atoms with Gasteiger partial charge in [0.05, 0.1) is 5.57 Å². The van der Waals surface area contributed by atoms with Crippen LogP contribution in [-0.2, 0) is 4.79 Å². The van der Waals surface area contributed by atoms with Crippen LogP contribution in [-0.4, -0.2) is 48.9 Å². The van der Waals surface area contributed by atoms with Crippen LogP contribution in [0, 0.1) is 0 Å². The number of nitrogens with zero attached hydrogens (tertiary/aromatic N) is 2. The summed E-state index contributed by atoms with van der Waals surface area (Å²) in [5, 5.41) is 12.0. The van der Waals surface area contributed by atoms with E-state index in [0.717, 1.165) is 37.6 Å². The molecule has 0 aromatic carbocycles. The number of fused-ring (bicyclic) bond motifs is 1. The van der Waals surface area contributed by atoms with Crippen LogP contribution in [0.3, 0.4) is 0 Å². The second-order valence-electron chi connectivity index (χ2n) is 5.66. The Morgan fingerprint density at radius 1 is 1.27 bits per heavy atom. The van der Waals surface area contributed by atoms with E-state index in [0.29, 0.717) is 35.8 Å².